The average molecular weight is 295 g/mol. The van der Waals surface area contributed by atoms with Crippen molar-refractivity contribution in [1.29, 1.82) is 0 Å². The standard InChI is InChI=1S/C11H23BrO2Si/c1-11(2,12)10(13)8-6-5-7-9-14-15(3)4/h15H,5-9H2,1-4H3. The van der Waals surface area contributed by atoms with Crippen molar-refractivity contribution in [1.82, 2.24) is 0 Å². The zero-order chi connectivity index (χ0) is 11.9. The van der Waals surface area contributed by atoms with Crippen molar-refractivity contribution >= 4 is 30.8 Å². The molecule has 0 radical (unpaired) electrons. The quantitative estimate of drug-likeness (QED) is 0.390. The van der Waals surface area contributed by atoms with Gasteiger partial charge < -0.3 is 4.43 Å². The Kier molecular flexibility index (Phi) is 7.74. The maximum atomic E-state index is 11.5. The fraction of sp³-hybridized carbons (Fsp3) is 0.909. The molecule has 0 aromatic carbocycles. The summed E-state index contributed by atoms with van der Waals surface area (Å²) >= 11 is 3.38. The van der Waals surface area contributed by atoms with Crippen molar-refractivity contribution < 1.29 is 9.22 Å². The third-order valence-corrected chi connectivity index (χ3v) is 3.51. The number of hydrogen-bond donors (Lipinski definition) is 0. The molecule has 90 valence electrons. The Bertz CT molecular complexity index is 188. The summed E-state index contributed by atoms with van der Waals surface area (Å²) in [4.78, 5) is 11.5. The SMILES string of the molecule is C[SiH](C)OCCCCCC(=O)C(C)(C)Br. The minimum Gasteiger partial charge on any atom is -0.421 e. The van der Waals surface area contributed by atoms with Crippen LogP contribution in [0.1, 0.15) is 39.5 Å². The van der Waals surface area contributed by atoms with Gasteiger partial charge in [0.05, 0.1) is 4.32 Å². The van der Waals surface area contributed by atoms with Gasteiger partial charge in [0.1, 0.15) is 5.78 Å². The lowest BCUT2D eigenvalue weighted by molar-refractivity contribution is -0.120. The third-order valence-electron chi connectivity index (χ3n) is 2.16. The van der Waals surface area contributed by atoms with Gasteiger partial charge in [0.15, 0.2) is 9.04 Å². The van der Waals surface area contributed by atoms with E-state index >= 15 is 0 Å². The van der Waals surface area contributed by atoms with Gasteiger partial charge in [0.2, 0.25) is 0 Å². The largest absolute Gasteiger partial charge is 0.421 e. The highest BCUT2D eigenvalue weighted by atomic mass is 79.9. The summed E-state index contributed by atoms with van der Waals surface area (Å²) in [6, 6.07) is 0. The molecule has 0 N–H and O–H groups in total. The van der Waals surface area contributed by atoms with Crippen LogP contribution in [0.25, 0.3) is 0 Å². The molecule has 0 rings (SSSR count). The second-order valence-electron chi connectivity index (χ2n) is 4.63. The lowest BCUT2D eigenvalue weighted by Crippen LogP contribution is -2.23. The van der Waals surface area contributed by atoms with Gasteiger partial charge in [-0.2, -0.15) is 0 Å². The zero-order valence-electron chi connectivity index (χ0n) is 10.3. The van der Waals surface area contributed by atoms with Crippen LogP contribution in [0, 0.1) is 0 Å². The molecule has 0 amide bonds. The average Bonchev–Trinajstić information content (AvgIpc) is 2.08. The highest BCUT2D eigenvalue weighted by Gasteiger charge is 2.22. The van der Waals surface area contributed by atoms with Gasteiger partial charge >= 0.3 is 0 Å². The van der Waals surface area contributed by atoms with Gasteiger partial charge in [-0.3, -0.25) is 4.79 Å². The maximum Gasteiger partial charge on any atom is 0.170 e. The van der Waals surface area contributed by atoms with E-state index in [9.17, 15) is 4.79 Å². The Morgan fingerprint density at radius 1 is 1.27 bits per heavy atom. The first-order valence-corrected chi connectivity index (χ1v) is 9.25. The Morgan fingerprint density at radius 3 is 2.33 bits per heavy atom. The van der Waals surface area contributed by atoms with Crippen molar-refractivity contribution in [2.45, 2.75) is 56.9 Å². The Hall–Kier alpha value is 0.327. The molecule has 0 aliphatic carbocycles. The van der Waals surface area contributed by atoms with Gasteiger partial charge in [0.25, 0.3) is 0 Å². The second-order valence-corrected chi connectivity index (χ2v) is 9.04. The first-order chi connectivity index (χ1) is 6.84. The minimum atomic E-state index is -0.844. The number of hydrogen-bond acceptors (Lipinski definition) is 2. The van der Waals surface area contributed by atoms with Crippen molar-refractivity contribution in [2.75, 3.05) is 6.61 Å². The number of carbonyl (C=O) groups excluding carboxylic acids is 1. The molecule has 0 aliphatic rings. The van der Waals surface area contributed by atoms with Crippen molar-refractivity contribution in [3.05, 3.63) is 0 Å². The number of Topliss-reactive ketones (excluding diaryl/α,β-unsaturated/α-hetero) is 1. The van der Waals surface area contributed by atoms with E-state index < -0.39 is 9.04 Å². The molecule has 0 aromatic rings. The summed E-state index contributed by atoms with van der Waals surface area (Å²) in [6.07, 6.45) is 3.84. The molecule has 4 heteroatoms. The molecule has 0 heterocycles. The fourth-order valence-electron chi connectivity index (χ4n) is 1.18. The van der Waals surface area contributed by atoms with E-state index in [0.29, 0.717) is 12.2 Å². The lowest BCUT2D eigenvalue weighted by atomic mass is 10.0. The van der Waals surface area contributed by atoms with Crippen LogP contribution in [0.2, 0.25) is 13.1 Å². The van der Waals surface area contributed by atoms with E-state index in [1.54, 1.807) is 0 Å². The first kappa shape index (κ1) is 15.3. The Labute approximate surface area is 104 Å². The van der Waals surface area contributed by atoms with E-state index in [0.717, 1.165) is 25.9 Å². The molecule has 0 bridgehead atoms. The van der Waals surface area contributed by atoms with Crippen LogP contribution in [0.5, 0.6) is 0 Å². The normalized spacial score (nSPS) is 12.1. The summed E-state index contributed by atoms with van der Waals surface area (Å²) in [7, 11) is -0.844. The summed E-state index contributed by atoms with van der Waals surface area (Å²) < 4.78 is 5.21. The highest BCUT2D eigenvalue weighted by Crippen LogP contribution is 2.20. The molecule has 0 saturated heterocycles. The fourth-order valence-corrected chi connectivity index (χ4v) is 2.02. The van der Waals surface area contributed by atoms with E-state index in [1.807, 2.05) is 13.8 Å². The Morgan fingerprint density at radius 2 is 1.87 bits per heavy atom. The van der Waals surface area contributed by atoms with E-state index in [-0.39, 0.29) is 4.32 Å². The predicted octanol–water partition coefficient (Wildman–Crippen LogP) is 3.29. The van der Waals surface area contributed by atoms with Crippen LogP contribution in [0.15, 0.2) is 0 Å². The van der Waals surface area contributed by atoms with Gasteiger partial charge in [-0.05, 0) is 39.8 Å². The maximum absolute atomic E-state index is 11.5. The van der Waals surface area contributed by atoms with Crippen LogP contribution >= 0.6 is 15.9 Å². The van der Waals surface area contributed by atoms with E-state index in [1.165, 1.54) is 0 Å². The van der Waals surface area contributed by atoms with Crippen molar-refractivity contribution in [2.24, 2.45) is 0 Å². The van der Waals surface area contributed by atoms with Crippen LogP contribution in [-0.4, -0.2) is 25.8 Å². The van der Waals surface area contributed by atoms with Gasteiger partial charge in [0, 0.05) is 13.0 Å². The molecular weight excluding hydrogens is 272 g/mol. The molecule has 0 unspecified atom stereocenters. The minimum absolute atomic E-state index is 0.293. The monoisotopic (exact) mass is 294 g/mol. The number of carbonyl (C=O) groups is 1. The highest BCUT2D eigenvalue weighted by molar-refractivity contribution is 9.10. The van der Waals surface area contributed by atoms with Crippen LogP contribution in [0.3, 0.4) is 0 Å². The summed E-state index contributed by atoms with van der Waals surface area (Å²) in [5.74, 6) is 0.293. The molecule has 0 aromatic heterocycles. The molecule has 0 aliphatic heterocycles. The van der Waals surface area contributed by atoms with Gasteiger partial charge in [-0.1, -0.05) is 22.4 Å². The van der Waals surface area contributed by atoms with Crippen LogP contribution in [0.4, 0.5) is 0 Å². The smallest absolute Gasteiger partial charge is 0.170 e. The summed E-state index contributed by atoms with van der Waals surface area (Å²) in [5, 5.41) is 0. The third kappa shape index (κ3) is 9.27. The topological polar surface area (TPSA) is 26.3 Å². The first-order valence-electron chi connectivity index (χ1n) is 5.68. The van der Waals surface area contributed by atoms with Crippen molar-refractivity contribution in [3.8, 4) is 0 Å². The molecule has 2 nitrogen and oxygen atoms in total. The number of halogens is 1. The van der Waals surface area contributed by atoms with Gasteiger partial charge in [-0.15, -0.1) is 0 Å². The van der Waals surface area contributed by atoms with Gasteiger partial charge in [-0.25, -0.2) is 0 Å². The van der Waals surface area contributed by atoms with Crippen LogP contribution < -0.4 is 0 Å². The molecule has 0 atom stereocenters. The number of unbranched alkanes of at least 4 members (excludes halogenated alkanes) is 2. The number of alkyl halides is 1. The summed E-state index contributed by atoms with van der Waals surface area (Å²) in [5.41, 5.74) is 0. The summed E-state index contributed by atoms with van der Waals surface area (Å²) in [6.45, 7) is 9.04. The van der Waals surface area contributed by atoms with Crippen LogP contribution in [-0.2, 0) is 9.22 Å². The van der Waals surface area contributed by atoms with Crippen molar-refractivity contribution in [3.63, 3.8) is 0 Å². The molecular formula is C11H23BrO2Si. The Balaban J connectivity index is 3.36. The lowest BCUT2D eigenvalue weighted by Gasteiger charge is -2.14. The van der Waals surface area contributed by atoms with E-state index in [4.69, 9.17) is 4.43 Å². The molecule has 0 saturated carbocycles. The molecule has 15 heavy (non-hydrogen) atoms. The second kappa shape index (κ2) is 7.58. The molecule has 0 spiro atoms. The number of ketones is 1. The zero-order valence-corrected chi connectivity index (χ0v) is 13.0. The molecule has 0 fully saturated rings. The van der Waals surface area contributed by atoms with E-state index in [2.05, 4.69) is 29.0 Å². The predicted molar refractivity (Wildman–Crippen MR) is 71.3 cm³/mol. The number of rotatable bonds is 8.